The number of rotatable bonds is 8. The molecular formula is C13H17N3O8. The number of nitrogens with zero attached hydrogens (tertiary/aromatic N) is 2. The van der Waals surface area contributed by atoms with E-state index in [-0.39, 0.29) is 5.69 Å². The highest BCUT2D eigenvalue weighted by Gasteiger charge is 2.34. The minimum atomic E-state index is -2.12. The number of aliphatic hydroxyl groups is 5. The van der Waals surface area contributed by atoms with Crippen LogP contribution in [0.5, 0.6) is 0 Å². The van der Waals surface area contributed by atoms with Crippen molar-refractivity contribution in [1.82, 2.24) is 5.43 Å². The van der Waals surface area contributed by atoms with Crippen LogP contribution in [0.2, 0.25) is 0 Å². The van der Waals surface area contributed by atoms with E-state index in [1.165, 1.54) is 24.3 Å². The predicted octanol–water partition coefficient (Wildman–Crippen LogP) is -2.52. The average molecular weight is 343 g/mol. The zero-order chi connectivity index (χ0) is 18.3. The van der Waals surface area contributed by atoms with E-state index in [9.17, 15) is 30.2 Å². The van der Waals surface area contributed by atoms with Crippen LogP contribution in [-0.4, -0.2) is 73.6 Å². The molecule has 24 heavy (non-hydrogen) atoms. The van der Waals surface area contributed by atoms with Crippen LogP contribution in [0.3, 0.4) is 0 Å². The molecule has 1 aromatic carbocycles. The number of amides is 1. The van der Waals surface area contributed by atoms with E-state index in [1.54, 1.807) is 0 Å². The fourth-order valence-corrected chi connectivity index (χ4v) is 1.63. The monoisotopic (exact) mass is 343 g/mol. The highest BCUT2D eigenvalue weighted by Crippen LogP contribution is 2.11. The van der Waals surface area contributed by atoms with Gasteiger partial charge in [-0.3, -0.25) is 14.9 Å². The summed E-state index contributed by atoms with van der Waals surface area (Å²) in [5.74, 6) is -1.19. The van der Waals surface area contributed by atoms with Crippen molar-refractivity contribution in [3.63, 3.8) is 0 Å². The zero-order valence-corrected chi connectivity index (χ0v) is 12.3. The third-order valence-corrected chi connectivity index (χ3v) is 2.99. The van der Waals surface area contributed by atoms with Gasteiger partial charge in [0.05, 0.1) is 17.7 Å². The van der Waals surface area contributed by atoms with Gasteiger partial charge >= 0.3 is 0 Å². The van der Waals surface area contributed by atoms with Crippen LogP contribution < -0.4 is 5.43 Å². The van der Waals surface area contributed by atoms with Crippen LogP contribution in [0.15, 0.2) is 29.4 Å². The Kier molecular flexibility index (Phi) is 7.35. The Hall–Kier alpha value is -2.44. The molecule has 0 spiro atoms. The van der Waals surface area contributed by atoms with Gasteiger partial charge in [0.2, 0.25) is 0 Å². The third-order valence-electron chi connectivity index (χ3n) is 2.99. The Morgan fingerprint density at radius 1 is 1.29 bits per heavy atom. The van der Waals surface area contributed by atoms with Crippen molar-refractivity contribution >= 4 is 17.8 Å². The van der Waals surface area contributed by atoms with E-state index < -0.39 is 41.9 Å². The lowest BCUT2D eigenvalue weighted by Gasteiger charge is -2.24. The van der Waals surface area contributed by atoms with Crippen molar-refractivity contribution in [3.05, 3.63) is 39.9 Å². The fourth-order valence-electron chi connectivity index (χ4n) is 1.63. The molecule has 0 aliphatic rings. The summed E-state index contributed by atoms with van der Waals surface area (Å²) >= 11 is 0. The summed E-state index contributed by atoms with van der Waals surface area (Å²) in [6.45, 7) is -0.877. The smallest absolute Gasteiger partial charge is 0.271 e. The molecule has 0 fully saturated rings. The molecule has 0 heterocycles. The van der Waals surface area contributed by atoms with E-state index in [4.69, 9.17) is 10.2 Å². The Bertz CT molecular complexity index is 609. The summed E-state index contributed by atoms with van der Waals surface area (Å²) in [4.78, 5) is 21.6. The van der Waals surface area contributed by atoms with Crippen LogP contribution in [-0.2, 0) is 4.79 Å². The van der Waals surface area contributed by atoms with Crippen molar-refractivity contribution < 1.29 is 35.3 Å². The largest absolute Gasteiger partial charge is 0.394 e. The summed E-state index contributed by atoms with van der Waals surface area (Å²) in [6, 6.07) is 5.36. The number of non-ortho nitro benzene ring substituents is 1. The molecule has 0 radical (unpaired) electrons. The van der Waals surface area contributed by atoms with Gasteiger partial charge in [0, 0.05) is 17.7 Å². The maximum Gasteiger partial charge on any atom is 0.271 e. The molecule has 1 rings (SSSR count). The average Bonchev–Trinajstić information content (AvgIpc) is 2.59. The quantitative estimate of drug-likeness (QED) is 0.169. The zero-order valence-electron chi connectivity index (χ0n) is 12.3. The molecule has 0 saturated carbocycles. The first-order chi connectivity index (χ1) is 11.3. The molecule has 1 aromatic rings. The summed E-state index contributed by atoms with van der Waals surface area (Å²) in [5.41, 5.74) is 1.99. The summed E-state index contributed by atoms with van der Waals surface area (Å²) in [6.07, 6.45) is -6.79. The minimum Gasteiger partial charge on any atom is -0.394 e. The molecule has 4 atom stereocenters. The first kappa shape index (κ1) is 19.6. The molecule has 132 valence electrons. The number of hydrogen-bond acceptors (Lipinski definition) is 9. The molecule has 0 aliphatic heterocycles. The van der Waals surface area contributed by atoms with Crippen LogP contribution in [0, 0.1) is 10.1 Å². The topological polar surface area (TPSA) is 186 Å². The second kappa shape index (κ2) is 9.00. The number of carbonyl (C=O) groups excluding carboxylic acids is 1. The molecule has 0 aromatic heterocycles. The SMILES string of the molecule is O=C(N/N=C/c1cccc([N+](=O)[O-])c1)[C@H](O)[C@H](O)[C@H](O)[C@H](O)CO. The predicted molar refractivity (Wildman–Crippen MR) is 79.9 cm³/mol. The van der Waals surface area contributed by atoms with Gasteiger partial charge in [-0.25, -0.2) is 5.43 Å². The second-order valence-corrected chi connectivity index (χ2v) is 4.76. The number of nitro benzene ring substituents is 1. The number of aliphatic hydroxyl groups excluding tert-OH is 5. The number of benzene rings is 1. The van der Waals surface area contributed by atoms with Crippen LogP contribution in [0.1, 0.15) is 5.56 Å². The summed E-state index contributed by atoms with van der Waals surface area (Å²) in [7, 11) is 0. The standard InChI is InChI=1S/C13H17N3O8/c17-6-9(18)10(19)11(20)12(21)13(22)15-14-5-7-2-1-3-8(4-7)16(23)24/h1-5,9-12,17-21H,6H2,(H,15,22)/b14-5+/t9-,10-,11-,12-/m1/s1. The lowest BCUT2D eigenvalue weighted by molar-refractivity contribution is -0.384. The lowest BCUT2D eigenvalue weighted by Crippen LogP contribution is -2.50. The van der Waals surface area contributed by atoms with Gasteiger partial charge in [-0.1, -0.05) is 12.1 Å². The van der Waals surface area contributed by atoms with Crippen molar-refractivity contribution in [1.29, 1.82) is 0 Å². The number of nitrogens with one attached hydrogen (secondary N) is 1. The summed E-state index contributed by atoms with van der Waals surface area (Å²) < 4.78 is 0. The molecule has 11 heteroatoms. The van der Waals surface area contributed by atoms with Crippen molar-refractivity contribution in [2.45, 2.75) is 24.4 Å². The number of hydrogen-bond donors (Lipinski definition) is 6. The minimum absolute atomic E-state index is 0.179. The number of nitro groups is 1. The Labute approximate surface area is 135 Å². The van der Waals surface area contributed by atoms with Crippen LogP contribution >= 0.6 is 0 Å². The Morgan fingerprint density at radius 2 is 1.96 bits per heavy atom. The Morgan fingerprint density at radius 3 is 2.54 bits per heavy atom. The highest BCUT2D eigenvalue weighted by molar-refractivity contribution is 5.85. The molecule has 11 nitrogen and oxygen atoms in total. The van der Waals surface area contributed by atoms with Crippen molar-refractivity contribution in [2.75, 3.05) is 6.61 Å². The second-order valence-electron chi connectivity index (χ2n) is 4.76. The first-order valence-corrected chi connectivity index (χ1v) is 6.68. The summed E-state index contributed by atoms with van der Waals surface area (Å²) in [5, 5.41) is 60.3. The van der Waals surface area contributed by atoms with Gasteiger partial charge in [0.15, 0.2) is 6.10 Å². The van der Waals surface area contributed by atoms with E-state index in [0.717, 1.165) is 6.21 Å². The van der Waals surface area contributed by atoms with Gasteiger partial charge in [-0.2, -0.15) is 5.10 Å². The fraction of sp³-hybridized carbons (Fsp3) is 0.385. The third kappa shape index (κ3) is 5.33. The molecular weight excluding hydrogens is 326 g/mol. The van der Waals surface area contributed by atoms with E-state index >= 15 is 0 Å². The van der Waals surface area contributed by atoms with E-state index in [2.05, 4.69) is 5.10 Å². The number of carbonyl (C=O) groups is 1. The molecule has 0 unspecified atom stereocenters. The molecule has 6 N–H and O–H groups in total. The van der Waals surface area contributed by atoms with Gasteiger partial charge < -0.3 is 25.5 Å². The molecule has 0 aliphatic carbocycles. The van der Waals surface area contributed by atoms with Gasteiger partial charge in [-0.05, 0) is 0 Å². The van der Waals surface area contributed by atoms with Crippen LogP contribution in [0.4, 0.5) is 5.69 Å². The van der Waals surface area contributed by atoms with Crippen molar-refractivity contribution in [2.24, 2.45) is 5.10 Å². The first-order valence-electron chi connectivity index (χ1n) is 6.68. The maximum atomic E-state index is 11.6. The van der Waals surface area contributed by atoms with Crippen molar-refractivity contribution in [3.8, 4) is 0 Å². The normalized spacial score (nSPS) is 16.4. The maximum absolute atomic E-state index is 11.6. The molecule has 1 amide bonds. The molecule has 0 bridgehead atoms. The van der Waals surface area contributed by atoms with Gasteiger partial charge in [-0.15, -0.1) is 0 Å². The van der Waals surface area contributed by atoms with Gasteiger partial charge in [0.1, 0.15) is 18.3 Å². The van der Waals surface area contributed by atoms with E-state index in [0.29, 0.717) is 5.56 Å². The van der Waals surface area contributed by atoms with Gasteiger partial charge in [0.25, 0.3) is 11.6 Å². The molecule has 0 saturated heterocycles. The highest BCUT2D eigenvalue weighted by atomic mass is 16.6. The Balaban J connectivity index is 2.64. The lowest BCUT2D eigenvalue weighted by atomic mass is 10.0. The van der Waals surface area contributed by atoms with Crippen LogP contribution in [0.25, 0.3) is 0 Å². The number of hydrazone groups is 1. The van der Waals surface area contributed by atoms with E-state index in [1.807, 2.05) is 5.43 Å².